The first-order valence-electron chi connectivity index (χ1n) is 4.22. The Labute approximate surface area is 97.2 Å². The number of carboxylic acids is 1. The van der Waals surface area contributed by atoms with E-state index in [9.17, 15) is 4.79 Å². The van der Waals surface area contributed by atoms with Crippen molar-refractivity contribution >= 4 is 29.3 Å². The van der Waals surface area contributed by atoms with E-state index in [0.717, 1.165) is 10.6 Å². The van der Waals surface area contributed by atoms with E-state index >= 15 is 0 Å². The zero-order chi connectivity index (χ0) is 11.3. The number of halogens is 1. The first kappa shape index (κ1) is 12.1. The van der Waals surface area contributed by atoms with Crippen LogP contribution in [0.15, 0.2) is 35.0 Å². The van der Waals surface area contributed by atoms with Crippen LogP contribution in [0.4, 0.5) is 0 Å². The molecule has 1 rings (SSSR count). The molecule has 0 unspecified atom stereocenters. The third-order valence-corrected chi connectivity index (χ3v) is 2.88. The van der Waals surface area contributed by atoms with E-state index in [2.05, 4.69) is 4.98 Å². The monoisotopic (exact) mass is 243 g/mol. The fourth-order valence-corrected chi connectivity index (χ4v) is 1.75. The number of aliphatic carboxylic acids is 1. The van der Waals surface area contributed by atoms with Crippen LogP contribution in [0.5, 0.6) is 0 Å². The quantitative estimate of drug-likeness (QED) is 0.653. The molecule has 0 saturated carbocycles. The second-order valence-electron chi connectivity index (χ2n) is 2.93. The fourth-order valence-electron chi connectivity index (χ4n) is 0.888. The molecule has 0 aliphatic heterocycles. The highest BCUT2D eigenvalue weighted by Gasteiger charge is 1.98. The Morgan fingerprint density at radius 1 is 1.67 bits per heavy atom. The van der Waals surface area contributed by atoms with Crippen LogP contribution < -0.4 is 0 Å². The molecule has 0 radical (unpaired) electrons. The van der Waals surface area contributed by atoms with Crippen molar-refractivity contribution in [2.75, 3.05) is 5.75 Å². The minimum Gasteiger partial charge on any atom is -0.478 e. The highest BCUT2D eigenvalue weighted by molar-refractivity contribution is 7.99. The molecule has 0 atom stereocenters. The molecule has 1 N–H and O–H groups in total. The van der Waals surface area contributed by atoms with Crippen molar-refractivity contribution in [1.82, 2.24) is 4.98 Å². The minimum absolute atomic E-state index is 0.595. The number of thioether (sulfide) groups is 1. The van der Waals surface area contributed by atoms with E-state index in [4.69, 9.17) is 16.7 Å². The van der Waals surface area contributed by atoms with Crippen LogP contribution in [0.25, 0.3) is 0 Å². The predicted molar refractivity (Wildman–Crippen MR) is 61.4 cm³/mol. The smallest absolute Gasteiger partial charge is 0.328 e. The molecule has 80 valence electrons. The van der Waals surface area contributed by atoms with Crippen molar-refractivity contribution in [3.05, 3.63) is 35.0 Å². The topological polar surface area (TPSA) is 50.2 Å². The average molecular weight is 244 g/mol. The van der Waals surface area contributed by atoms with E-state index in [1.165, 1.54) is 17.8 Å². The number of nitrogens with zero attached hydrogens (tertiary/aromatic N) is 1. The van der Waals surface area contributed by atoms with Gasteiger partial charge in [-0.25, -0.2) is 9.78 Å². The zero-order valence-electron chi connectivity index (χ0n) is 8.11. The molecular weight excluding hydrogens is 234 g/mol. The Morgan fingerprint density at radius 3 is 2.93 bits per heavy atom. The molecule has 0 aliphatic carbocycles. The first-order valence-corrected chi connectivity index (χ1v) is 5.59. The van der Waals surface area contributed by atoms with Gasteiger partial charge in [-0.1, -0.05) is 17.2 Å². The second kappa shape index (κ2) is 5.78. The Balaban J connectivity index is 2.50. The van der Waals surface area contributed by atoms with Crippen LogP contribution in [0.3, 0.4) is 0 Å². The summed E-state index contributed by atoms with van der Waals surface area (Å²) in [6.45, 7) is 1.77. The van der Waals surface area contributed by atoms with E-state index in [1.807, 2.05) is 0 Å². The fraction of sp³-hybridized carbons (Fsp3) is 0.200. The number of hydrogen-bond donors (Lipinski definition) is 1. The number of carboxylic acid groups (broad SMARTS) is 1. The molecule has 1 heterocycles. The third-order valence-electron chi connectivity index (χ3n) is 1.52. The summed E-state index contributed by atoms with van der Waals surface area (Å²) >= 11 is 7.16. The van der Waals surface area contributed by atoms with Gasteiger partial charge in [0.05, 0.1) is 10.0 Å². The van der Waals surface area contributed by atoms with Crippen LogP contribution in [0.1, 0.15) is 6.92 Å². The van der Waals surface area contributed by atoms with Gasteiger partial charge in [0, 0.05) is 18.0 Å². The van der Waals surface area contributed by atoms with Crippen LogP contribution in [-0.4, -0.2) is 21.8 Å². The molecule has 0 fully saturated rings. The zero-order valence-corrected chi connectivity index (χ0v) is 9.68. The normalized spacial score (nSPS) is 11.5. The van der Waals surface area contributed by atoms with Crippen molar-refractivity contribution < 1.29 is 9.90 Å². The Kier molecular flexibility index (Phi) is 4.65. The lowest BCUT2D eigenvalue weighted by Gasteiger charge is -2.00. The molecular formula is C10H10ClNO2S. The van der Waals surface area contributed by atoms with Crippen LogP contribution in [0.2, 0.25) is 5.02 Å². The van der Waals surface area contributed by atoms with Crippen LogP contribution in [-0.2, 0) is 4.79 Å². The summed E-state index contributed by atoms with van der Waals surface area (Å²) in [5, 5.41) is 9.92. The number of rotatable bonds is 4. The number of aromatic nitrogens is 1. The van der Waals surface area contributed by atoms with Crippen molar-refractivity contribution in [2.24, 2.45) is 0 Å². The van der Waals surface area contributed by atoms with Gasteiger partial charge in [0.15, 0.2) is 0 Å². The van der Waals surface area contributed by atoms with E-state index in [-0.39, 0.29) is 0 Å². The van der Waals surface area contributed by atoms with Crippen molar-refractivity contribution in [2.45, 2.75) is 11.9 Å². The molecule has 1 aromatic heterocycles. The largest absolute Gasteiger partial charge is 0.478 e. The molecule has 0 amide bonds. The Hall–Kier alpha value is -1.00. The van der Waals surface area contributed by atoms with Crippen molar-refractivity contribution in [1.29, 1.82) is 0 Å². The van der Waals surface area contributed by atoms with Crippen LogP contribution in [0, 0.1) is 0 Å². The van der Waals surface area contributed by atoms with E-state index < -0.39 is 5.97 Å². The standard InChI is InChI=1S/C10H10ClNO2S/c1-7(4-10(13)14)6-15-9-3-2-8(11)5-12-9/h2-5H,6H2,1H3,(H,13,14). The lowest BCUT2D eigenvalue weighted by Crippen LogP contribution is -1.92. The summed E-state index contributed by atoms with van der Waals surface area (Å²) in [6.07, 6.45) is 2.77. The molecule has 0 aliphatic rings. The average Bonchev–Trinajstić information content (AvgIpc) is 2.16. The molecule has 1 aromatic rings. The van der Waals surface area contributed by atoms with Gasteiger partial charge in [0.25, 0.3) is 0 Å². The van der Waals surface area contributed by atoms with Gasteiger partial charge in [0.1, 0.15) is 0 Å². The maximum Gasteiger partial charge on any atom is 0.328 e. The van der Waals surface area contributed by atoms with E-state index in [0.29, 0.717) is 10.8 Å². The summed E-state index contributed by atoms with van der Waals surface area (Å²) in [4.78, 5) is 14.4. The molecule has 0 spiro atoms. The van der Waals surface area contributed by atoms with E-state index in [1.54, 1.807) is 25.3 Å². The first-order chi connectivity index (χ1) is 7.08. The van der Waals surface area contributed by atoms with Gasteiger partial charge in [-0.15, -0.1) is 11.8 Å². The molecule has 0 aromatic carbocycles. The molecule has 5 heteroatoms. The molecule has 0 saturated heterocycles. The van der Waals surface area contributed by atoms with Gasteiger partial charge in [-0.2, -0.15) is 0 Å². The minimum atomic E-state index is -0.919. The Bertz CT molecular complexity index is 376. The van der Waals surface area contributed by atoms with Crippen molar-refractivity contribution in [3.8, 4) is 0 Å². The molecule has 0 bridgehead atoms. The number of hydrogen-bond acceptors (Lipinski definition) is 3. The van der Waals surface area contributed by atoms with Crippen molar-refractivity contribution in [3.63, 3.8) is 0 Å². The third kappa shape index (κ3) is 4.85. The number of pyridine rings is 1. The van der Waals surface area contributed by atoms with Gasteiger partial charge in [0.2, 0.25) is 0 Å². The van der Waals surface area contributed by atoms with Gasteiger partial charge >= 0.3 is 5.97 Å². The highest BCUT2D eigenvalue weighted by atomic mass is 35.5. The lowest BCUT2D eigenvalue weighted by atomic mass is 10.3. The van der Waals surface area contributed by atoms with Gasteiger partial charge < -0.3 is 5.11 Å². The second-order valence-corrected chi connectivity index (χ2v) is 4.36. The maximum atomic E-state index is 10.3. The lowest BCUT2D eigenvalue weighted by molar-refractivity contribution is -0.131. The SMILES string of the molecule is CC(=CC(=O)O)CSc1ccc(Cl)cn1. The molecule has 3 nitrogen and oxygen atoms in total. The highest BCUT2D eigenvalue weighted by Crippen LogP contribution is 2.19. The maximum absolute atomic E-state index is 10.3. The number of carbonyl (C=O) groups is 1. The Morgan fingerprint density at radius 2 is 2.40 bits per heavy atom. The van der Waals surface area contributed by atoms with Crippen LogP contribution >= 0.6 is 23.4 Å². The predicted octanol–water partition coefficient (Wildman–Crippen LogP) is 2.86. The summed E-state index contributed by atoms with van der Waals surface area (Å²) < 4.78 is 0. The molecule has 15 heavy (non-hydrogen) atoms. The van der Waals surface area contributed by atoms with Gasteiger partial charge in [-0.3, -0.25) is 0 Å². The summed E-state index contributed by atoms with van der Waals surface area (Å²) in [5.41, 5.74) is 0.796. The van der Waals surface area contributed by atoms with Gasteiger partial charge in [-0.05, 0) is 19.1 Å². The summed E-state index contributed by atoms with van der Waals surface area (Å²) in [7, 11) is 0. The summed E-state index contributed by atoms with van der Waals surface area (Å²) in [6, 6.07) is 3.56. The summed E-state index contributed by atoms with van der Waals surface area (Å²) in [5.74, 6) is -0.307.